The molecule has 0 bridgehead atoms. The molecule has 4 rings (SSSR count). The third kappa shape index (κ3) is 6.39. The summed E-state index contributed by atoms with van der Waals surface area (Å²) in [5.74, 6) is 0.885. The van der Waals surface area contributed by atoms with Gasteiger partial charge in [-0.25, -0.2) is 4.98 Å². The number of carbonyl (C=O) groups is 1. The summed E-state index contributed by atoms with van der Waals surface area (Å²) in [6.07, 6.45) is 0.774. The molecule has 3 aromatic rings. The molecule has 0 unspecified atom stereocenters. The van der Waals surface area contributed by atoms with E-state index in [1.165, 1.54) is 22.7 Å². The van der Waals surface area contributed by atoms with Crippen LogP contribution in [0.4, 0.5) is 5.13 Å². The number of carbonyl (C=O) groups excluding carboxylic acids is 1. The normalized spacial score (nSPS) is 14.9. The van der Waals surface area contributed by atoms with Crippen LogP contribution in [0.15, 0.2) is 54.6 Å². The molecule has 0 radical (unpaired) electrons. The van der Waals surface area contributed by atoms with Crippen molar-refractivity contribution in [3.63, 3.8) is 0 Å². The molecule has 0 aliphatic carbocycles. The van der Waals surface area contributed by atoms with Gasteiger partial charge in [0.05, 0.1) is 0 Å². The van der Waals surface area contributed by atoms with Crippen LogP contribution < -0.4 is 10.2 Å². The Bertz CT molecular complexity index is 1030. The summed E-state index contributed by atoms with van der Waals surface area (Å²) in [4.78, 5) is 21.9. The zero-order chi connectivity index (χ0) is 23.3. The van der Waals surface area contributed by atoms with Gasteiger partial charge in [-0.3, -0.25) is 9.69 Å². The Morgan fingerprint density at radius 3 is 2.36 bits per heavy atom. The molecule has 1 aromatic heterocycles. The van der Waals surface area contributed by atoms with Crippen molar-refractivity contribution in [2.45, 2.75) is 32.6 Å². The van der Waals surface area contributed by atoms with Gasteiger partial charge in [-0.2, -0.15) is 4.37 Å². The zero-order valence-electron chi connectivity index (χ0n) is 19.8. The zero-order valence-corrected chi connectivity index (χ0v) is 20.6. The smallest absolute Gasteiger partial charge is 0.251 e. The molecule has 7 heteroatoms. The molecule has 0 atom stereocenters. The molecule has 1 N–H and O–H groups in total. The summed E-state index contributed by atoms with van der Waals surface area (Å²) in [6, 6.07) is 18.3. The molecule has 2 heterocycles. The quantitative estimate of drug-likeness (QED) is 0.574. The molecule has 174 valence electrons. The van der Waals surface area contributed by atoms with E-state index in [2.05, 4.69) is 52.4 Å². The minimum absolute atomic E-state index is 0.00565. The fourth-order valence-corrected chi connectivity index (χ4v) is 4.67. The number of rotatable bonds is 7. The predicted octanol–water partition coefficient (Wildman–Crippen LogP) is 3.98. The van der Waals surface area contributed by atoms with Crippen LogP contribution in [-0.4, -0.2) is 59.4 Å². The number of piperazine rings is 1. The number of hydrogen-bond acceptors (Lipinski definition) is 6. The van der Waals surface area contributed by atoms with Gasteiger partial charge in [0.25, 0.3) is 5.91 Å². The van der Waals surface area contributed by atoms with Crippen LogP contribution in [-0.2, 0) is 11.8 Å². The van der Waals surface area contributed by atoms with Crippen molar-refractivity contribution in [1.82, 2.24) is 19.6 Å². The van der Waals surface area contributed by atoms with Gasteiger partial charge >= 0.3 is 0 Å². The highest BCUT2D eigenvalue weighted by molar-refractivity contribution is 7.09. The molecule has 6 nitrogen and oxygen atoms in total. The predicted molar refractivity (Wildman–Crippen MR) is 135 cm³/mol. The third-order valence-electron chi connectivity index (χ3n) is 6.03. The van der Waals surface area contributed by atoms with Gasteiger partial charge in [0.2, 0.25) is 5.13 Å². The maximum atomic E-state index is 12.5. The van der Waals surface area contributed by atoms with Gasteiger partial charge in [0.1, 0.15) is 5.82 Å². The van der Waals surface area contributed by atoms with Crippen molar-refractivity contribution in [2.24, 2.45) is 0 Å². The maximum absolute atomic E-state index is 12.5. The topological polar surface area (TPSA) is 61.4 Å². The summed E-state index contributed by atoms with van der Waals surface area (Å²) in [6.45, 7) is 11.8. The van der Waals surface area contributed by atoms with Crippen LogP contribution in [0.2, 0.25) is 0 Å². The molecule has 1 amide bonds. The minimum atomic E-state index is -0.00565. The van der Waals surface area contributed by atoms with E-state index < -0.39 is 0 Å². The van der Waals surface area contributed by atoms with Crippen molar-refractivity contribution in [1.29, 1.82) is 0 Å². The molecule has 33 heavy (non-hydrogen) atoms. The lowest BCUT2D eigenvalue weighted by molar-refractivity contribution is 0.0947. The minimum Gasteiger partial charge on any atom is -0.351 e. The van der Waals surface area contributed by atoms with Crippen molar-refractivity contribution < 1.29 is 4.79 Å². The Hall–Kier alpha value is -2.77. The summed E-state index contributed by atoms with van der Waals surface area (Å²) in [7, 11) is 0. The first-order valence-corrected chi connectivity index (χ1v) is 12.4. The van der Waals surface area contributed by atoms with Gasteiger partial charge < -0.3 is 10.2 Å². The largest absolute Gasteiger partial charge is 0.351 e. The maximum Gasteiger partial charge on any atom is 0.251 e. The van der Waals surface area contributed by atoms with Crippen LogP contribution in [0.5, 0.6) is 0 Å². The van der Waals surface area contributed by atoms with Crippen LogP contribution in [0.1, 0.15) is 48.1 Å². The van der Waals surface area contributed by atoms with Gasteiger partial charge in [0.15, 0.2) is 0 Å². The summed E-state index contributed by atoms with van der Waals surface area (Å²) < 4.78 is 4.55. The van der Waals surface area contributed by atoms with Gasteiger partial charge in [0, 0.05) is 62.8 Å². The fraction of sp³-hybridized carbons (Fsp3) is 0.423. The first-order chi connectivity index (χ1) is 15.9. The van der Waals surface area contributed by atoms with Crippen molar-refractivity contribution >= 4 is 22.6 Å². The van der Waals surface area contributed by atoms with Gasteiger partial charge in [-0.15, -0.1) is 0 Å². The van der Waals surface area contributed by atoms with Gasteiger partial charge in [-0.1, -0.05) is 63.2 Å². The molecule has 2 aromatic carbocycles. The molecule has 0 saturated carbocycles. The summed E-state index contributed by atoms with van der Waals surface area (Å²) in [5, 5.41) is 4.07. The highest BCUT2D eigenvalue weighted by atomic mass is 32.1. The highest BCUT2D eigenvalue weighted by Gasteiger charge is 2.20. The number of anilines is 1. The van der Waals surface area contributed by atoms with E-state index in [9.17, 15) is 4.79 Å². The number of nitrogens with one attached hydrogen (secondary N) is 1. The van der Waals surface area contributed by atoms with Crippen LogP contribution in [0, 0.1) is 0 Å². The molecular weight excluding hydrogens is 430 g/mol. The summed E-state index contributed by atoms with van der Waals surface area (Å²) >= 11 is 1.49. The molecule has 1 aliphatic heterocycles. The molecule has 1 fully saturated rings. The fourth-order valence-electron chi connectivity index (χ4n) is 3.94. The SMILES string of the molecule is CC(C)(C)c1ccc(C(=O)NCCN2CCN(c3nc(Cc4ccccc4)ns3)CC2)cc1. The van der Waals surface area contributed by atoms with Gasteiger partial charge in [-0.05, 0) is 28.7 Å². The lowest BCUT2D eigenvalue weighted by Gasteiger charge is -2.34. The van der Waals surface area contributed by atoms with Crippen LogP contribution in [0.25, 0.3) is 0 Å². The lowest BCUT2D eigenvalue weighted by Crippen LogP contribution is -2.48. The number of amides is 1. The third-order valence-corrected chi connectivity index (χ3v) is 6.85. The Balaban J connectivity index is 1.19. The second kappa shape index (κ2) is 10.4. The average molecular weight is 464 g/mol. The number of hydrogen-bond donors (Lipinski definition) is 1. The van der Waals surface area contributed by atoms with E-state index in [1.54, 1.807) is 0 Å². The average Bonchev–Trinajstić information content (AvgIpc) is 3.28. The number of aromatic nitrogens is 2. The Kier molecular flexibility index (Phi) is 7.40. The Labute approximate surface area is 200 Å². The van der Waals surface area contributed by atoms with E-state index in [0.717, 1.165) is 55.7 Å². The van der Waals surface area contributed by atoms with E-state index in [4.69, 9.17) is 4.98 Å². The Morgan fingerprint density at radius 1 is 1.00 bits per heavy atom. The van der Waals surface area contributed by atoms with E-state index in [1.807, 2.05) is 42.5 Å². The molecule has 1 aliphatic rings. The summed E-state index contributed by atoms with van der Waals surface area (Å²) in [5.41, 5.74) is 3.28. The second-order valence-corrected chi connectivity index (χ2v) is 10.3. The molecule has 0 spiro atoms. The standard InChI is InChI=1S/C26H33N5OS/c1-26(2,3)22-11-9-21(10-12-22)24(32)27-13-14-30-15-17-31(18-16-30)25-28-23(29-33-25)19-20-7-5-4-6-8-20/h4-12H,13-19H2,1-3H3,(H,27,32). The second-order valence-electron chi connectivity index (χ2n) is 9.57. The highest BCUT2D eigenvalue weighted by Crippen LogP contribution is 2.22. The van der Waals surface area contributed by atoms with E-state index in [-0.39, 0.29) is 11.3 Å². The number of benzene rings is 2. The molecular formula is C26H33N5OS. The van der Waals surface area contributed by atoms with Crippen LogP contribution >= 0.6 is 11.5 Å². The molecule has 1 saturated heterocycles. The van der Waals surface area contributed by atoms with E-state index >= 15 is 0 Å². The Morgan fingerprint density at radius 2 is 1.70 bits per heavy atom. The van der Waals surface area contributed by atoms with Crippen molar-refractivity contribution in [3.8, 4) is 0 Å². The monoisotopic (exact) mass is 463 g/mol. The van der Waals surface area contributed by atoms with Crippen molar-refractivity contribution in [3.05, 3.63) is 77.1 Å². The first kappa shape index (κ1) is 23.4. The van der Waals surface area contributed by atoms with Crippen LogP contribution in [0.3, 0.4) is 0 Å². The lowest BCUT2D eigenvalue weighted by atomic mass is 9.87. The van der Waals surface area contributed by atoms with Crippen molar-refractivity contribution in [2.75, 3.05) is 44.2 Å². The van der Waals surface area contributed by atoms with E-state index in [0.29, 0.717) is 6.54 Å². The number of nitrogens with zero attached hydrogens (tertiary/aromatic N) is 4. The first-order valence-electron chi connectivity index (χ1n) is 11.6.